The van der Waals surface area contributed by atoms with Crippen LogP contribution in [0.25, 0.3) is 0 Å². The Morgan fingerprint density at radius 2 is 1.06 bits per heavy atom. The van der Waals surface area contributed by atoms with Gasteiger partial charge in [0.15, 0.2) is 11.6 Å². The summed E-state index contributed by atoms with van der Waals surface area (Å²) in [5.74, 6) is -2.16. The number of ether oxygens (including phenoxy) is 2. The number of rotatable bonds is 12. The van der Waals surface area contributed by atoms with Gasteiger partial charge in [-0.25, -0.2) is 24.2 Å². The molecule has 6 aliphatic rings. The van der Waals surface area contributed by atoms with Gasteiger partial charge in [0, 0.05) is 37.0 Å². The van der Waals surface area contributed by atoms with Crippen molar-refractivity contribution >= 4 is 58.0 Å². The Labute approximate surface area is 360 Å². The minimum absolute atomic E-state index is 0.0604. The summed E-state index contributed by atoms with van der Waals surface area (Å²) < 4.78 is 45.6. The van der Waals surface area contributed by atoms with Crippen molar-refractivity contribution in [3.05, 3.63) is 0 Å². The molecular formula is C38H60N8O15S. The van der Waals surface area contributed by atoms with Crippen molar-refractivity contribution in [1.82, 2.24) is 41.2 Å². The molecule has 4 heterocycles. The summed E-state index contributed by atoms with van der Waals surface area (Å²) in [6, 6.07) is -4.57. The van der Waals surface area contributed by atoms with Crippen LogP contribution in [0, 0.1) is 11.8 Å². The molecule has 6 rings (SSSR count). The largest absolute Gasteiger partial charge is 0.444 e. The fraction of sp³-hybridized carbons (Fsp3) is 0.789. The molecule has 0 radical (unpaired) electrons. The highest BCUT2D eigenvalue weighted by Crippen LogP contribution is 2.32. The van der Waals surface area contributed by atoms with Crippen LogP contribution in [0.15, 0.2) is 0 Å². The number of hydrogen-bond acceptors (Lipinski definition) is 14. The molecule has 23 nitrogen and oxygen atoms in total. The minimum Gasteiger partial charge on any atom is -0.444 e. The minimum atomic E-state index is -4.88. The third kappa shape index (κ3) is 12.4. The predicted octanol–water partition coefficient (Wildman–Crippen LogP) is 1.39. The summed E-state index contributed by atoms with van der Waals surface area (Å²) in [6.45, 7) is 10.5. The summed E-state index contributed by atoms with van der Waals surface area (Å²) in [6.07, 6.45) is 4.45. The molecule has 4 aliphatic heterocycles. The molecule has 6 N–H and O–H groups in total. The van der Waals surface area contributed by atoms with E-state index in [-0.39, 0.29) is 68.1 Å². The number of ketones is 2. The molecule has 0 unspecified atom stereocenters. The van der Waals surface area contributed by atoms with Crippen LogP contribution >= 0.6 is 0 Å². The molecule has 0 aromatic carbocycles. The van der Waals surface area contributed by atoms with Gasteiger partial charge < -0.3 is 40.5 Å². The van der Waals surface area contributed by atoms with E-state index >= 15 is 0 Å². The van der Waals surface area contributed by atoms with Crippen LogP contribution < -0.4 is 21.3 Å². The molecule has 0 spiro atoms. The van der Waals surface area contributed by atoms with Crippen molar-refractivity contribution in [3.8, 4) is 0 Å². The van der Waals surface area contributed by atoms with Crippen molar-refractivity contribution in [2.75, 3.05) is 26.2 Å². The first-order valence-corrected chi connectivity index (χ1v) is 22.3. The highest BCUT2D eigenvalue weighted by Gasteiger charge is 2.50. The first-order valence-electron chi connectivity index (χ1n) is 21.0. The highest BCUT2D eigenvalue weighted by atomic mass is 32.3. The average Bonchev–Trinajstić information content (AvgIpc) is 3.92. The van der Waals surface area contributed by atoms with Gasteiger partial charge in [0.1, 0.15) is 23.3 Å². The third-order valence-corrected chi connectivity index (χ3v) is 11.9. The van der Waals surface area contributed by atoms with Gasteiger partial charge in [-0.1, -0.05) is 12.8 Å². The Balaban J connectivity index is 0.000000236. The van der Waals surface area contributed by atoms with Gasteiger partial charge in [-0.3, -0.25) is 28.9 Å². The summed E-state index contributed by atoms with van der Waals surface area (Å²) in [5.41, 5.74) is -1.28. The second-order valence-corrected chi connectivity index (χ2v) is 19.5. The molecule has 4 saturated heterocycles. The Kier molecular flexibility index (Phi) is 15.0. The Morgan fingerprint density at radius 1 is 0.645 bits per heavy atom. The maximum atomic E-state index is 12.7. The number of hydroxylamine groups is 4. The first-order chi connectivity index (χ1) is 28.8. The quantitative estimate of drug-likeness (QED) is 0.119. The van der Waals surface area contributed by atoms with E-state index in [1.807, 2.05) is 0 Å². The summed E-state index contributed by atoms with van der Waals surface area (Å²) >= 11 is 0. The standard InChI is InChI=1S/C19H30N4O9S.C19H30N4O6/c1-19(2,3)31-17(26)21-13-6-4-5-12(13)15(24)9-20-16(25)14-8-7-11-10-22(14)18(27)23(11)32-33(28,29)30;1-19(2,3)29-17(26)21-13-6-4-5-12(13)15(24)9-20-16(25)14-8-7-11-10-22(14)18(27)23(11)28/h11-14H,4-10H2,1-3H3,(H,20,25)(H,21,26)(H,28,29,30);11-14,28H,4-10H2,1-3H3,(H,20,25)(H,21,26)/t2*11-,12-,13-,14+/m11/s1. The van der Waals surface area contributed by atoms with E-state index < -0.39 is 81.7 Å². The Morgan fingerprint density at radius 3 is 1.50 bits per heavy atom. The van der Waals surface area contributed by atoms with Crippen LogP contribution in [-0.4, -0.2) is 159 Å². The number of amides is 8. The zero-order valence-electron chi connectivity index (χ0n) is 35.9. The smallest absolute Gasteiger partial charge is 0.418 e. The van der Waals surface area contributed by atoms with E-state index in [1.54, 1.807) is 41.5 Å². The number of carbonyl (C=O) groups is 8. The lowest BCUT2D eigenvalue weighted by molar-refractivity contribution is -0.130. The molecule has 0 aromatic rings. The molecule has 24 heteroatoms. The zero-order valence-corrected chi connectivity index (χ0v) is 36.7. The van der Waals surface area contributed by atoms with Crippen molar-refractivity contribution in [1.29, 1.82) is 0 Å². The van der Waals surface area contributed by atoms with Gasteiger partial charge in [0.2, 0.25) is 11.8 Å². The molecule has 8 atom stereocenters. The average molecular weight is 901 g/mol. The van der Waals surface area contributed by atoms with Crippen molar-refractivity contribution in [3.63, 3.8) is 0 Å². The lowest BCUT2D eigenvalue weighted by Crippen LogP contribution is -2.51. The molecule has 8 amide bonds. The number of Topliss-reactive ketones (excluding diaryl/α,β-unsaturated/α-hetero) is 2. The summed E-state index contributed by atoms with van der Waals surface area (Å²) in [4.78, 5) is 102. The third-order valence-electron chi connectivity index (χ3n) is 11.6. The van der Waals surface area contributed by atoms with Crippen molar-refractivity contribution in [2.45, 2.75) is 153 Å². The molecule has 2 saturated carbocycles. The number of carbonyl (C=O) groups excluding carboxylic acids is 8. The van der Waals surface area contributed by atoms with Crippen LogP contribution in [0.1, 0.15) is 106 Å². The first kappa shape index (κ1) is 48.2. The van der Waals surface area contributed by atoms with E-state index in [4.69, 9.17) is 14.0 Å². The van der Waals surface area contributed by atoms with Crippen LogP contribution in [0.5, 0.6) is 0 Å². The van der Waals surface area contributed by atoms with Crippen LogP contribution in [0.2, 0.25) is 0 Å². The monoisotopic (exact) mass is 900 g/mol. The maximum Gasteiger partial charge on any atom is 0.418 e. The maximum absolute atomic E-state index is 12.7. The van der Waals surface area contributed by atoms with E-state index in [0.717, 1.165) is 17.7 Å². The van der Waals surface area contributed by atoms with Crippen molar-refractivity contribution in [2.24, 2.45) is 11.8 Å². The predicted molar refractivity (Wildman–Crippen MR) is 213 cm³/mol. The fourth-order valence-corrected chi connectivity index (χ4v) is 9.22. The molecule has 348 valence electrons. The SMILES string of the molecule is CC(C)(C)OC(=O)N[C@@H]1CCC[C@H]1C(=O)CNC(=O)[C@@H]1CC[C@@H]2CN1C(=O)N2O.CC(C)(C)OC(=O)N[C@@H]1CCC[C@H]1C(=O)CNC(=O)[C@@H]1CC[C@@H]2CN1C(=O)N2OS(=O)(=O)O. The van der Waals surface area contributed by atoms with Crippen LogP contribution in [0.3, 0.4) is 0 Å². The van der Waals surface area contributed by atoms with E-state index in [9.17, 15) is 52.0 Å². The number of hydrogen-bond donors (Lipinski definition) is 6. The van der Waals surface area contributed by atoms with Gasteiger partial charge in [-0.2, -0.15) is 13.5 Å². The molecule has 2 aliphatic carbocycles. The summed E-state index contributed by atoms with van der Waals surface area (Å²) in [5, 5.41) is 21.6. The molecule has 6 fully saturated rings. The van der Waals surface area contributed by atoms with Gasteiger partial charge in [-0.15, -0.1) is 4.28 Å². The number of alkyl carbamates (subject to hydrolysis) is 2. The normalized spacial score (nSPS) is 28.2. The number of piperidine rings is 2. The zero-order chi connectivity index (χ0) is 45.9. The Bertz CT molecular complexity index is 1870. The Hall–Kier alpha value is -4.81. The van der Waals surface area contributed by atoms with E-state index in [0.29, 0.717) is 55.2 Å². The lowest BCUT2D eigenvalue weighted by atomic mass is 9.97. The number of fused-ring (bicyclic) bond motifs is 4. The molecular weight excluding hydrogens is 841 g/mol. The van der Waals surface area contributed by atoms with Crippen molar-refractivity contribution < 1.29 is 70.3 Å². The van der Waals surface area contributed by atoms with Gasteiger partial charge in [0.05, 0.1) is 25.2 Å². The molecule has 0 aromatic heterocycles. The summed E-state index contributed by atoms with van der Waals surface area (Å²) in [7, 11) is -4.88. The second kappa shape index (κ2) is 19.3. The number of nitrogens with zero attached hydrogens (tertiary/aromatic N) is 4. The van der Waals surface area contributed by atoms with Crippen LogP contribution in [-0.2, 0) is 43.3 Å². The molecule has 62 heavy (non-hydrogen) atoms. The van der Waals surface area contributed by atoms with E-state index in [1.165, 1.54) is 4.90 Å². The fourth-order valence-electron chi connectivity index (χ4n) is 8.83. The van der Waals surface area contributed by atoms with E-state index in [2.05, 4.69) is 25.6 Å². The molecule has 4 bridgehead atoms. The highest BCUT2D eigenvalue weighted by molar-refractivity contribution is 7.80. The second-order valence-electron chi connectivity index (χ2n) is 18.5. The topological polar surface area (TPSA) is 300 Å². The van der Waals surface area contributed by atoms with Gasteiger partial charge in [0.25, 0.3) is 0 Å². The number of nitrogens with one attached hydrogen (secondary N) is 4. The number of urea groups is 2. The van der Waals surface area contributed by atoms with Gasteiger partial charge in [-0.05, 0) is 92.9 Å². The lowest BCUT2D eigenvalue weighted by Gasteiger charge is -2.29. The van der Waals surface area contributed by atoms with Gasteiger partial charge >= 0.3 is 34.6 Å². The van der Waals surface area contributed by atoms with Crippen LogP contribution in [0.4, 0.5) is 19.2 Å².